The summed E-state index contributed by atoms with van der Waals surface area (Å²) in [5.41, 5.74) is 1.80. The number of anilines is 1. The zero-order chi connectivity index (χ0) is 22.4. The van der Waals surface area contributed by atoms with Gasteiger partial charge in [0.05, 0.1) is 5.02 Å². The van der Waals surface area contributed by atoms with Crippen molar-refractivity contribution in [2.45, 2.75) is 20.8 Å². The second-order valence-electron chi connectivity index (χ2n) is 6.78. The van der Waals surface area contributed by atoms with E-state index in [1.54, 1.807) is 54.3 Å². The molecule has 162 valence electrons. The zero-order valence-electron chi connectivity index (χ0n) is 17.6. The SMILES string of the molecule is CCN(CC)C(=O)COc1cccc(NC(=O)c2c(-c3ccccc3Cl)noc2C)c1. The van der Waals surface area contributed by atoms with Crippen LogP contribution in [0.2, 0.25) is 5.02 Å². The van der Waals surface area contributed by atoms with Crippen molar-refractivity contribution in [3.05, 3.63) is 64.9 Å². The number of halogens is 1. The summed E-state index contributed by atoms with van der Waals surface area (Å²) in [5.74, 6) is 0.380. The molecule has 0 atom stereocenters. The van der Waals surface area contributed by atoms with Crippen molar-refractivity contribution in [3.8, 4) is 17.0 Å². The largest absolute Gasteiger partial charge is 0.484 e. The number of amides is 2. The maximum Gasteiger partial charge on any atom is 0.261 e. The number of carbonyl (C=O) groups excluding carboxylic acids is 2. The molecular formula is C23H24ClN3O4. The Kier molecular flexibility index (Phi) is 7.31. The highest BCUT2D eigenvalue weighted by molar-refractivity contribution is 6.33. The third-order valence-electron chi connectivity index (χ3n) is 4.79. The summed E-state index contributed by atoms with van der Waals surface area (Å²) >= 11 is 6.27. The molecule has 0 aliphatic rings. The molecule has 31 heavy (non-hydrogen) atoms. The van der Waals surface area contributed by atoms with Gasteiger partial charge in [0, 0.05) is 30.4 Å². The molecule has 0 aliphatic carbocycles. The van der Waals surface area contributed by atoms with Crippen molar-refractivity contribution < 1.29 is 18.8 Å². The Balaban J connectivity index is 1.75. The van der Waals surface area contributed by atoms with Crippen molar-refractivity contribution >= 4 is 29.1 Å². The molecule has 3 rings (SSSR count). The average molecular weight is 442 g/mol. The lowest BCUT2D eigenvalue weighted by Crippen LogP contribution is -2.34. The fourth-order valence-electron chi connectivity index (χ4n) is 3.15. The molecule has 0 aliphatic heterocycles. The van der Waals surface area contributed by atoms with Gasteiger partial charge in [-0.25, -0.2) is 0 Å². The van der Waals surface area contributed by atoms with E-state index in [4.69, 9.17) is 20.9 Å². The summed E-state index contributed by atoms with van der Waals surface area (Å²) < 4.78 is 10.9. The molecule has 7 nitrogen and oxygen atoms in total. The fourth-order valence-corrected chi connectivity index (χ4v) is 3.37. The van der Waals surface area contributed by atoms with Gasteiger partial charge in [0.2, 0.25) is 0 Å². The molecule has 0 saturated heterocycles. The molecule has 0 spiro atoms. The molecule has 0 radical (unpaired) electrons. The Morgan fingerprint density at radius 2 is 1.87 bits per heavy atom. The van der Waals surface area contributed by atoms with Gasteiger partial charge in [0.25, 0.3) is 11.8 Å². The van der Waals surface area contributed by atoms with E-state index in [0.717, 1.165) is 0 Å². The maximum absolute atomic E-state index is 13.0. The highest BCUT2D eigenvalue weighted by Crippen LogP contribution is 2.31. The molecule has 1 aromatic heterocycles. The minimum Gasteiger partial charge on any atom is -0.484 e. The number of aromatic nitrogens is 1. The van der Waals surface area contributed by atoms with E-state index in [1.807, 2.05) is 19.9 Å². The molecular weight excluding hydrogens is 418 g/mol. The normalized spacial score (nSPS) is 10.6. The van der Waals surface area contributed by atoms with E-state index < -0.39 is 0 Å². The topological polar surface area (TPSA) is 84.7 Å². The number of benzene rings is 2. The summed E-state index contributed by atoms with van der Waals surface area (Å²) in [5, 5.41) is 7.32. The highest BCUT2D eigenvalue weighted by atomic mass is 35.5. The van der Waals surface area contributed by atoms with E-state index in [-0.39, 0.29) is 18.4 Å². The van der Waals surface area contributed by atoms with E-state index in [0.29, 0.717) is 52.1 Å². The lowest BCUT2D eigenvalue weighted by Gasteiger charge is -2.18. The molecule has 0 unspecified atom stereocenters. The van der Waals surface area contributed by atoms with Gasteiger partial charge in [-0.05, 0) is 39.0 Å². The first kappa shape index (κ1) is 22.4. The highest BCUT2D eigenvalue weighted by Gasteiger charge is 2.23. The van der Waals surface area contributed by atoms with Crippen molar-refractivity contribution in [2.75, 3.05) is 25.0 Å². The van der Waals surface area contributed by atoms with E-state index in [2.05, 4.69) is 10.5 Å². The Labute approximate surface area is 185 Å². The third-order valence-corrected chi connectivity index (χ3v) is 5.12. The van der Waals surface area contributed by atoms with Crippen LogP contribution in [0, 0.1) is 6.92 Å². The molecule has 0 fully saturated rings. The lowest BCUT2D eigenvalue weighted by molar-refractivity contribution is -0.132. The van der Waals surface area contributed by atoms with Gasteiger partial charge in [-0.1, -0.05) is 41.0 Å². The Morgan fingerprint density at radius 3 is 2.58 bits per heavy atom. The van der Waals surface area contributed by atoms with Gasteiger partial charge in [-0.15, -0.1) is 0 Å². The number of hydrogen-bond donors (Lipinski definition) is 1. The quantitative estimate of drug-likeness (QED) is 0.542. The van der Waals surface area contributed by atoms with Crippen LogP contribution >= 0.6 is 11.6 Å². The predicted octanol–water partition coefficient (Wildman–Crippen LogP) is 4.80. The lowest BCUT2D eigenvalue weighted by atomic mass is 10.1. The minimum atomic E-state index is -0.384. The van der Waals surface area contributed by atoms with Gasteiger partial charge >= 0.3 is 0 Å². The second kappa shape index (κ2) is 10.1. The minimum absolute atomic E-state index is 0.0690. The molecule has 0 saturated carbocycles. The van der Waals surface area contributed by atoms with Crippen LogP contribution in [0.1, 0.15) is 30.0 Å². The summed E-state index contributed by atoms with van der Waals surface area (Å²) in [6.45, 7) is 6.69. The number of likely N-dealkylation sites (N-methyl/N-ethyl adjacent to an activating group) is 1. The van der Waals surface area contributed by atoms with Crippen LogP contribution in [0.15, 0.2) is 53.1 Å². The standard InChI is InChI=1S/C23H24ClN3O4/c1-4-27(5-2)20(28)14-30-17-10-8-9-16(13-17)25-23(29)21-15(3)31-26-22(21)18-11-6-7-12-19(18)24/h6-13H,4-5,14H2,1-3H3,(H,25,29). The first-order valence-corrected chi connectivity index (χ1v) is 10.4. The number of rotatable bonds is 8. The van der Waals surface area contributed by atoms with Crippen LogP contribution < -0.4 is 10.1 Å². The Bertz CT molecular complexity index is 1080. The van der Waals surface area contributed by atoms with Crippen LogP contribution in [0.25, 0.3) is 11.3 Å². The van der Waals surface area contributed by atoms with Crippen molar-refractivity contribution in [1.29, 1.82) is 0 Å². The maximum atomic E-state index is 13.0. The predicted molar refractivity (Wildman–Crippen MR) is 120 cm³/mol. The third kappa shape index (κ3) is 5.24. The van der Waals surface area contributed by atoms with Crippen LogP contribution in [0.5, 0.6) is 5.75 Å². The summed E-state index contributed by atoms with van der Waals surface area (Å²) in [7, 11) is 0. The smallest absolute Gasteiger partial charge is 0.261 e. The van der Waals surface area contributed by atoms with Crippen molar-refractivity contribution in [1.82, 2.24) is 10.1 Å². The van der Waals surface area contributed by atoms with E-state index in [1.165, 1.54) is 0 Å². The molecule has 1 N–H and O–H groups in total. The average Bonchev–Trinajstić information content (AvgIpc) is 3.15. The monoisotopic (exact) mass is 441 g/mol. The van der Waals surface area contributed by atoms with Crippen LogP contribution in [0.3, 0.4) is 0 Å². The van der Waals surface area contributed by atoms with E-state index in [9.17, 15) is 9.59 Å². The Morgan fingerprint density at radius 1 is 1.13 bits per heavy atom. The zero-order valence-corrected chi connectivity index (χ0v) is 18.4. The second-order valence-corrected chi connectivity index (χ2v) is 7.19. The summed E-state index contributed by atoms with van der Waals surface area (Å²) in [6, 6.07) is 14.0. The first-order valence-electron chi connectivity index (χ1n) is 9.97. The van der Waals surface area contributed by atoms with Crippen LogP contribution in [0.4, 0.5) is 5.69 Å². The van der Waals surface area contributed by atoms with Gasteiger partial charge in [0.1, 0.15) is 22.8 Å². The van der Waals surface area contributed by atoms with Gasteiger partial charge < -0.3 is 19.5 Å². The van der Waals surface area contributed by atoms with Crippen molar-refractivity contribution in [3.63, 3.8) is 0 Å². The first-order chi connectivity index (χ1) is 14.9. The number of hydrogen-bond acceptors (Lipinski definition) is 5. The number of ether oxygens (including phenoxy) is 1. The van der Waals surface area contributed by atoms with Crippen LogP contribution in [-0.4, -0.2) is 41.6 Å². The van der Waals surface area contributed by atoms with Gasteiger partial charge in [-0.3, -0.25) is 9.59 Å². The molecule has 3 aromatic rings. The summed E-state index contributed by atoms with van der Waals surface area (Å²) in [6.07, 6.45) is 0. The number of aryl methyl sites for hydroxylation is 1. The molecule has 1 heterocycles. The number of nitrogens with one attached hydrogen (secondary N) is 1. The molecule has 8 heteroatoms. The van der Waals surface area contributed by atoms with Crippen molar-refractivity contribution in [2.24, 2.45) is 0 Å². The van der Waals surface area contributed by atoms with Gasteiger partial charge in [0.15, 0.2) is 6.61 Å². The molecule has 2 aromatic carbocycles. The van der Waals surface area contributed by atoms with E-state index >= 15 is 0 Å². The number of nitrogens with zero attached hydrogens (tertiary/aromatic N) is 2. The number of carbonyl (C=O) groups is 2. The Hall–Kier alpha value is -3.32. The molecule has 0 bridgehead atoms. The summed E-state index contributed by atoms with van der Waals surface area (Å²) in [4.78, 5) is 26.8. The fraction of sp³-hybridized carbons (Fsp3) is 0.261. The van der Waals surface area contributed by atoms with Gasteiger partial charge in [-0.2, -0.15) is 0 Å². The molecule has 2 amide bonds. The van der Waals surface area contributed by atoms with Crippen LogP contribution in [-0.2, 0) is 4.79 Å².